The highest BCUT2D eigenvalue weighted by molar-refractivity contribution is 9.10. The zero-order chi connectivity index (χ0) is 13.8. The molecule has 5 heteroatoms. The highest BCUT2D eigenvalue weighted by Gasteiger charge is 2.29. The van der Waals surface area contributed by atoms with Crippen molar-refractivity contribution in [3.05, 3.63) is 28.5 Å². The molecule has 2 unspecified atom stereocenters. The van der Waals surface area contributed by atoms with Crippen LogP contribution in [0.25, 0.3) is 0 Å². The van der Waals surface area contributed by atoms with Gasteiger partial charge in [-0.3, -0.25) is 9.88 Å². The highest BCUT2D eigenvalue weighted by Crippen LogP contribution is 2.14. The fourth-order valence-electron chi connectivity index (χ4n) is 2.66. The minimum absolute atomic E-state index is 0.432. The molecule has 0 spiro atoms. The van der Waals surface area contributed by atoms with E-state index in [0.717, 1.165) is 36.2 Å². The Morgan fingerprint density at radius 1 is 1.42 bits per heavy atom. The molecule has 0 aromatic carbocycles. The Balaban J connectivity index is 2.04. The molecule has 106 valence electrons. The summed E-state index contributed by atoms with van der Waals surface area (Å²) in [5.41, 5.74) is 1.14. The van der Waals surface area contributed by atoms with Gasteiger partial charge in [-0.05, 0) is 49.2 Å². The number of pyridine rings is 1. The molecule has 1 N–H and O–H groups in total. The lowest BCUT2D eigenvalue weighted by Gasteiger charge is -2.41. The van der Waals surface area contributed by atoms with Crippen molar-refractivity contribution in [1.82, 2.24) is 20.1 Å². The standard InChI is InChI=1S/C14H23BrN4/c1-16-13(8-12-5-4-11(15)9-17-12)14-10-18(2)6-7-19(14)3/h4-5,9,13-14,16H,6-8,10H2,1-3H3. The van der Waals surface area contributed by atoms with Gasteiger partial charge in [-0.1, -0.05) is 0 Å². The van der Waals surface area contributed by atoms with Crippen molar-refractivity contribution in [1.29, 1.82) is 0 Å². The molecular formula is C14H23BrN4. The largest absolute Gasteiger partial charge is 0.315 e. The average Bonchev–Trinajstić information content (AvgIpc) is 2.41. The average molecular weight is 327 g/mol. The Bertz CT molecular complexity index is 395. The first kappa shape index (κ1) is 14.9. The SMILES string of the molecule is CNC(Cc1ccc(Br)cn1)C1CN(C)CCN1C. The van der Waals surface area contributed by atoms with Crippen LogP contribution in [0.15, 0.2) is 22.8 Å². The zero-order valence-electron chi connectivity index (χ0n) is 11.9. The molecule has 0 radical (unpaired) electrons. The van der Waals surface area contributed by atoms with Crippen LogP contribution in [-0.2, 0) is 6.42 Å². The van der Waals surface area contributed by atoms with E-state index >= 15 is 0 Å². The summed E-state index contributed by atoms with van der Waals surface area (Å²) >= 11 is 3.43. The highest BCUT2D eigenvalue weighted by atomic mass is 79.9. The molecule has 1 aromatic heterocycles. The number of piperazine rings is 1. The number of halogens is 1. The molecule has 0 aliphatic carbocycles. The van der Waals surface area contributed by atoms with Crippen LogP contribution in [0.2, 0.25) is 0 Å². The van der Waals surface area contributed by atoms with Gasteiger partial charge in [0, 0.05) is 54.5 Å². The molecule has 2 atom stereocenters. The monoisotopic (exact) mass is 326 g/mol. The Hall–Kier alpha value is -0.490. The fraction of sp³-hybridized carbons (Fsp3) is 0.643. The number of rotatable bonds is 4. The summed E-state index contributed by atoms with van der Waals surface area (Å²) in [6.45, 7) is 3.39. The maximum atomic E-state index is 4.49. The van der Waals surface area contributed by atoms with E-state index in [1.165, 1.54) is 0 Å². The Morgan fingerprint density at radius 3 is 2.84 bits per heavy atom. The number of likely N-dealkylation sites (N-methyl/N-ethyl adjacent to an activating group) is 3. The molecule has 1 aliphatic heterocycles. The lowest BCUT2D eigenvalue weighted by atomic mass is 9.99. The number of nitrogens with zero attached hydrogens (tertiary/aromatic N) is 3. The summed E-state index contributed by atoms with van der Waals surface area (Å²) in [4.78, 5) is 9.35. The van der Waals surface area contributed by atoms with E-state index in [4.69, 9.17) is 0 Å². The van der Waals surface area contributed by atoms with Crippen LogP contribution in [0.5, 0.6) is 0 Å². The van der Waals surface area contributed by atoms with Crippen molar-refractivity contribution in [2.45, 2.75) is 18.5 Å². The summed E-state index contributed by atoms with van der Waals surface area (Å²) in [6, 6.07) is 5.13. The summed E-state index contributed by atoms with van der Waals surface area (Å²) < 4.78 is 1.03. The first-order chi connectivity index (χ1) is 9.10. The molecule has 1 aromatic rings. The van der Waals surface area contributed by atoms with Gasteiger partial charge in [-0.15, -0.1) is 0 Å². The number of nitrogens with one attached hydrogen (secondary N) is 1. The molecule has 0 bridgehead atoms. The number of hydrogen-bond acceptors (Lipinski definition) is 4. The van der Waals surface area contributed by atoms with Crippen LogP contribution < -0.4 is 5.32 Å². The topological polar surface area (TPSA) is 31.4 Å². The van der Waals surface area contributed by atoms with Gasteiger partial charge in [-0.2, -0.15) is 0 Å². The molecule has 0 amide bonds. The third-order valence-corrected chi connectivity index (χ3v) is 4.42. The minimum atomic E-state index is 0.432. The minimum Gasteiger partial charge on any atom is -0.315 e. The van der Waals surface area contributed by atoms with E-state index in [2.05, 4.69) is 62.3 Å². The second-order valence-electron chi connectivity index (χ2n) is 5.38. The molecule has 4 nitrogen and oxygen atoms in total. The molecule has 19 heavy (non-hydrogen) atoms. The summed E-state index contributed by atoms with van der Waals surface area (Å²) in [7, 11) is 6.47. The molecule has 2 heterocycles. The maximum Gasteiger partial charge on any atom is 0.0420 e. The third-order valence-electron chi connectivity index (χ3n) is 3.95. The van der Waals surface area contributed by atoms with Gasteiger partial charge in [0.15, 0.2) is 0 Å². The lowest BCUT2D eigenvalue weighted by molar-refractivity contribution is 0.0895. The van der Waals surface area contributed by atoms with E-state index in [-0.39, 0.29) is 0 Å². The van der Waals surface area contributed by atoms with Crippen LogP contribution in [0.3, 0.4) is 0 Å². The first-order valence-electron chi connectivity index (χ1n) is 6.76. The van der Waals surface area contributed by atoms with Crippen molar-refractivity contribution >= 4 is 15.9 Å². The second-order valence-corrected chi connectivity index (χ2v) is 6.29. The van der Waals surface area contributed by atoms with Crippen LogP contribution in [0.1, 0.15) is 5.69 Å². The Labute approximate surface area is 124 Å². The molecule has 2 rings (SSSR count). The molecule has 0 saturated carbocycles. The summed E-state index contributed by atoms with van der Waals surface area (Å²) in [5, 5.41) is 3.47. The van der Waals surface area contributed by atoms with Crippen molar-refractivity contribution < 1.29 is 0 Å². The Kier molecular flexibility index (Phi) is 5.33. The maximum absolute atomic E-state index is 4.49. The Morgan fingerprint density at radius 2 is 2.21 bits per heavy atom. The van der Waals surface area contributed by atoms with Gasteiger partial charge in [0.05, 0.1) is 0 Å². The van der Waals surface area contributed by atoms with Gasteiger partial charge >= 0.3 is 0 Å². The quantitative estimate of drug-likeness (QED) is 0.901. The summed E-state index contributed by atoms with van der Waals surface area (Å²) in [5.74, 6) is 0. The van der Waals surface area contributed by atoms with Crippen molar-refractivity contribution in [3.8, 4) is 0 Å². The number of aromatic nitrogens is 1. The van der Waals surface area contributed by atoms with Crippen LogP contribution >= 0.6 is 15.9 Å². The van der Waals surface area contributed by atoms with Gasteiger partial charge in [-0.25, -0.2) is 0 Å². The van der Waals surface area contributed by atoms with Gasteiger partial charge in [0.1, 0.15) is 0 Å². The first-order valence-corrected chi connectivity index (χ1v) is 7.56. The molecule has 1 aliphatic rings. The van der Waals surface area contributed by atoms with Gasteiger partial charge in [0.2, 0.25) is 0 Å². The van der Waals surface area contributed by atoms with E-state index < -0.39 is 0 Å². The van der Waals surface area contributed by atoms with E-state index in [1.807, 2.05) is 13.2 Å². The van der Waals surface area contributed by atoms with Crippen LogP contribution in [0, 0.1) is 0 Å². The normalized spacial score (nSPS) is 23.5. The van der Waals surface area contributed by atoms with E-state index in [0.29, 0.717) is 12.1 Å². The fourth-order valence-corrected chi connectivity index (χ4v) is 2.90. The van der Waals surface area contributed by atoms with E-state index in [1.54, 1.807) is 0 Å². The van der Waals surface area contributed by atoms with Crippen LogP contribution in [-0.4, -0.2) is 67.6 Å². The smallest absolute Gasteiger partial charge is 0.0420 e. The van der Waals surface area contributed by atoms with E-state index in [9.17, 15) is 0 Å². The zero-order valence-corrected chi connectivity index (χ0v) is 13.5. The van der Waals surface area contributed by atoms with Crippen molar-refractivity contribution in [2.24, 2.45) is 0 Å². The predicted molar refractivity (Wildman–Crippen MR) is 82.4 cm³/mol. The molecule has 1 fully saturated rings. The lowest BCUT2D eigenvalue weighted by Crippen LogP contribution is -2.58. The van der Waals surface area contributed by atoms with Gasteiger partial charge in [0.25, 0.3) is 0 Å². The van der Waals surface area contributed by atoms with Gasteiger partial charge < -0.3 is 10.2 Å². The molecular weight excluding hydrogens is 304 g/mol. The third kappa shape index (κ3) is 3.99. The summed E-state index contributed by atoms with van der Waals surface area (Å²) in [6.07, 6.45) is 2.84. The predicted octanol–water partition coefficient (Wildman–Crippen LogP) is 1.22. The second kappa shape index (κ2) is 6.79. The van der Waals surface area contributed by atoms with Crippen molar-refractivity contribution in [3.63, 3.8) is 0 Å². The molecule has 1 saturated heterocycles. The number of hydrogen-bond donors (Lipinski definition) is 1. The van der Waals surface area contributed by atoms with Crippen molar-refractivity contribution in [2.75, 3.05) is 40.8 Å². The van der Waals surface area contributed by atoms with Crippen LogP contribution in [0.4, 0.5) is 0 Å².